The molecule has 0 aromatic carbocycles. The van der Waals surface area contributed by atoms with E-state index in [0.29, 0.717) is 31.2 Å². The summed E-state index contributed by atoms with van der Waals surface area (Å²) >= 11 is 0. The molecule has 1 heterocycles. The van der Waals surface area contributed by atoms with Crippen molar-refractivity contribution in [3.63, 3.8) is 0 Å². The average Bonchev–Trinajstić information content (AvgIpc) is 2.42. The molecule has 0 aliphatic carbocycles. The fourth-order valence-electron chi connectivity index (χ4n) is 1.80. The Bertz CT molecular complexity index is 462. The standard InChI is InChI=1S/C15H24N2O3/c1-6-15(5,20-8-3)14(18)17-12-9-10-13(19-7-2)16-11(12)4/h9-10H,6-8H2,1-5H3,(H,17,18). The third-order valence-electron chi connectivity index (χ3n) is 3.22. The summed E-state index contributed by atoms with van der Waals surface area (Å²) < 4.78 is 10.9. The largest absolute Gasteiger partial charge is 0.478 e. The van der Waals surface area contributed by atoms with Crippen LogP contribution in [-0.2, 0) is 9.53 Å². The molecule has 0 aliphatic rings. The molecule has 112 valence electrons. The Kier molecular flexibility index (Phi) is 5.95. The number of carbonyl (C=O) groups is 1. The number of carbonyl (C=O) groups excluding carboxylic acids is 1. The van der Waals surface area contributed by atoms with Crippen LogP contribution in [-0.4, -0.2) is 29.7 Å². The van der Waals surface area contributed by atoms with Gasteiger partial charge in [-0.05, 0) is 40.2 Å². The Morgan fingerprint density at radius 3 is 2.50 bits per heavy atom. The summed E-state index contributed by atoms with van der Waals surface area (Å²) in [5.74, 6) is 0.405. The van der Waals surface area contributed by atoms with Crippen LogP contribution >= 0.6 is 0 Å². The lowest BCUT2D eigenvalue weighted by Gasteiger charge is -2.27. The van der Waals surface area contributed by atoms with E-state index in [2.05, 4.69) is 10.3 Å². The van der Waals surface area contributed by atoms with Crippen molar-refractivity contribution in [2.75, 3.05) is 18.5 Å². The second-order valence-electron chi connectivity index (χ2n) is 4.69. The number of anilines is 1. The van der Waals surface area contributed by atoms with Crippen molar-refractivity contribution in [1.82, 2.24) is 4.98 Å². The van der Waals surface area contributed by atoms with E-state index in [1.54, 1.807) is 19.1 Å². The van der Waals surface area contributed by atoms with E-state index < -0.39 is 5.60 Å². The molecule has 1 rings (SSSR count). The molecule has 0 spiro atoms. The van der Waals surface area contributed by atoms with Crippen LogP contribution in [0.25, 0.3) is 0 Å². The fourth-order valence-corrected chi connectivity index (χ4v) is 1.80. The minimum atomic E-state index is -0.820. The van der Waals surface area contributed by atoms with Gasteiger partial charge >= 0.3 is 0 Å². The highest BCUT2D eigenvalue weighted by molar-refractivity contribution is 5.97. The SMILES string of the molecule is CCOc1ccc(NC(=O)C(C)(CC)OCC)c(C)n1. The van der Waals surface area contributed by atoms with E-state index in [-0.39, 0.29) is 5.91 Å². The molecule has 5 heteroatoms. The lowest BCUT2D eigenvalue weighted by Crippen LogP contribution is -2.42. The first kappa shape index (κ1) is 16.4. The Balaban J connectivity index is 2.85. The molecule has 0 radical (unpaired) electrons. The molecule has 1 aromatic rings. The molecular formula is C15H24N2O3. The predicted octanol–water partition coefficient (Wildman–Crippen LogP) is 2.93. The van der Waals surface area contributed by atoms with Crippen molar-refractivity contribution < 1.29 is 14.3 Å². The number of aromatic nitrogens is 1. The summed E-state index contributed by atoms with van der Waals surface area (Å²) in [5, 5.41) is 2.87. The first-order valence-electron chi connectivity index (χ1n) is 7.02. The molecule has 0 saturated heterocycles. The number of hydrogen-bond acceptors (Lipinski definition) is 4. The Hall–Kier alpha value is -1.62. The highest BCUT2D eigenvalue weighted by Crippen LogP contribution is 2.21. The molecule has 1 unspecified atom stereocenters. The monoisotopic (exact) mass is 280 g/mol. The van der Waals surface area contributed by atoms with Crippen molar-refractivity contribution in [1.29, 1.82) is 0 Å². The van der Waals surface area contributed by atoms with Crippen LogP contribution in [0.5, 0.6) is 5.88 Å². The number of rotatable bonds is 7. The third kappa shape index (κ3) is 3.93. The molecule has 0 fully saturated rings. The van der Waals surface area contributed by atoms with E-state index in [0.717, 1.165) is 5.69 Å². The van der Waals surface area contributed by atoms with Gasteiger partial charge in [0.1, 0.15) is 5.60 Å². The van der Waals surface area contributed by atoms with Gasteiger partial charge in [0.2, 0.25) is 5.88 Å². The fraction of sp³-hybridized carbons (Fsp3) is 0.600. The zero-order valence-corrected chi connectivity index (χ0v) is 12.9. The van der Waals surface area contributed by atoms with Crippen LogP contribution < -0.4 is 10.1 Å². The zero-order chi connectivity index (χ0) is 15.2. The van der Waals surface area contributed by atoms with E-state index in [1.165, 1.54) is 0 Å². The summed E-state index contributed by atoms with van der Waals surface area (Å²) in [6, 6.07) is 3.54. The van der Waals surface area contributed by atoms with Gasteiger partial charge in [-0.1, -0.05) is 6.92 Å². The van der Waals surface area contributed by atoms with Gasteiger partial charge < -0.3 is 14.8 Å². The van der Waals surface area contributed by atoms with Crippen molar-refractivity contribution in [2.24, 2.45) is 0 Å². The minimum absolute atomic E-state index is 0.157. The highest BCUT2D eigenvalue weighted by atomic mass is 16.5. The van der Waals surface area contributed by atoms with E-state index in [1.807, 2.05) is 27.7 Å². The molecule has 1 N–H and O–H groups in total. The van der Waals surface area contributed by atoms with Crippen molar-refractivity contribution in [3.8, 4) is 5.88 Å². The van der Waals surface area contributed by atoms with Gasteiger partial charge in [0, 0.05) is 12.7 Å². The van der Waals surface area contributed by atoms with Crippen molar-refractivity contribution in [3.05, 3.63) is 17.8 Å². The quantitative estimate of drug-likeness (QED) is 0.834. The number of aryl methyl sites for hydroxylation is 1. The number of amides is 1. The van der Waals surface area contributed by atoms with Crippen LogP contribution in [0.15, 0.2) is 12.1 Å². The maximum absolute atomic E-state index is 12.3. The van der Waals surface area contributed by atoms with Gasteiger partial charge in [-0.3, -0.25) is 4.79 Å². The van der Waals surface area contributed by atoms with Crippen LogP contribution in [0.3, 0.4) is 0 Å². The molecule has 1 atom stereocenters. The van der Waals surface area contributed by atoms with Gasteiger partial charge in [-0.25, -0.2) is 4.98 Å². The first-order chi connectivity index (χ1) is 9.46. The molecule has 1 amide bonds. The molecule has 0 saturated carbocycles. The van der Waals surface area contributed by atoms with Gasteiger partial charge in [0.05, 0.1) is 18.0 Å². The second-order valence-corrected chi connectivity index (χ2v) is 4.69. The van der Waals surface area contributed by atoms with Crippen molar-refractivity contribution >= 4 is 11.6 Å². The minimum Gasteiger partial charge on any atom is -0.478 e. The maximum Gasteiger partial charge on any atom is 0.256 e. The summed E-state index contributed by atoms with van der Waals surface area (Å²) in [6.45, 7) is 10.4. The smallest absolute Gasteiger partial charge is 0.256 e. The first-order valence-corrected chi connectivity index (χ1v) is 7.02. The van der Waals surface area contributed by atoms with E-state index in [9.17, 15) is 4.79 Å². The lowest BCUT2D eigenvalue weighted by atomic mass is 10.0. The maximum atomic E-state index is 12.3. The highest BCUT2D eigenvalue weighted by Gasteiger charge is 2.32. The second kappa shape index (κ2) is 7.24. The zero-order valence-electron chi connectivity index (χ0n) is 12.9. The predicted molar refractivity (Wildman–Crippen MR) is 79.1 cm³/mol. The van der Waals surface area contributed by atoms with Crippen LogP contribution in [0.1, 0.15) is 39.8 Å². The van der Waals surface area contributed by atoms with Crippen molar-refractivity contribution in [2.45, 2.75) is 46.6 Å². The summed E-state index contributed by atoms with van der Waals surface area (Å²) in [5.41, 5.74) is 0.580. The molecule has 0 aliphatic heterocycles. The van der Waals surface area contributed by atoms with Crippen LogP contribution in [0.2, 0.25) is 0 Å². The number of pyridine rings is 1. The molecular weight excluding hydrogens is 256 g/mol. The Labute approximate surface area is 120 Å². The van der Waals surface area contributed by atoms with Gasteiger partial charge in [-0.15, -0.1) is 0 Å². The topological polar surface area (TPSA) is 60.5 Å². The van der Waals surface area contributed by atoms with E-state index >= 15 is 0 Å². The lowest BCUT2D eigenvalue weighted by molar-refractivity contribution is -0.139. The average molecular weight is 280 g/mol. The van der Waals surface area contributed by atoms with Crippen LogP contribution in [0, 0.1) is 6.92 Å². The normalized spacial score (nSPS) is 13.7. The molecule has 20 heavy (non-hydrogen) atoms. The van der Waals surface area contributed by atoms with Crippen LogP contribution in [0.4, 0.5) is 5.69 Å². The summed E-state index contributed by atoms with van der Waals surface area (Å²) in [4.78, 5) is 16.6. The van der Waals surface area contributed by atoms with Gasteiger partial charge in [0.15, 0.2) is 0 Å². The number of ether oxygens (including phenoxy) is 2. The summed E-state index contributed by atoms with van der Waals surface area (Å²) in [7, 11) is 0. The Morgan fingerprint density at radius 1 is 1.30 bits per heavy atom. The number of nitrogens with zero attached hydrogens (tertiary/aromatic N) is 1. The summed E-state index contributed by atoms with van der Waals surface area (Å²) in [6.07, 6.45) is 0.607. The van der Waals surface area contributed by atoms with Gasteiger partial charge in [0.25, 0.3) is 5.91 Å². The molecule has 1 aromatic heterocycles. The Morgan fingerprint density at radius 2 is 2.00 bits per heavy atom. The number of nitrogens with one attached hydrogen (secondary N) is 1. The third-order valence-corrected chi connectivity index (χ3v) is 3.22. The van der Waals surface area contributed by atoms with E-state index in [4.69, 9.17) is 9.47 Å². The number of hydrogen-bond donors (Lipinski definition) is 1. The molecule has 5 nitrogen and oxygen atoms in total. The van der Waals surface area contributed by atoms with Gasteiger partial charge in [-0.2, -0.15) is 0 Å². The molecule has 0 bridgehead atoms.